The molecule has 5 heteroatoms. The molecular formula is C18H22N2O3. The first-order valence-electron chi connectivity index (χ1n) is 7.98. The average molecular weight is 314 g/mol. The maximum Gasteiger partial charge on any atom is 0.321 e. The Hall–Kier alpha value is -2.11. The van der Waals surface area contributed by atoms with E-state index in [9.17, 15) is 15.0 Å². The van der Waals surface area contributed by atoms with Crippen LogP contribution in [0.3, 0.4) is 0 Å². The third kappa shape index (κ3) is 3.46. The highest BCUT2D eigenvalue weighted by Gasteiger charge is 2.30. The largest absolute Gasteiger partial charge is 0.393 e. The first kappa shape index (κ1) is 15.8. The van der Waals surface area contributed by atoms with Gasteiger partial charge in [-0.25, -0.2) is 4.79 Å². The third-order valence-electron chi connectivity index (χ3n) is 4.53. The molecule has 3 N–H and O–H groups in total. The van der Waals surface area contributed by atoms with Crippen molar-refractivity contribution < 1.29 is 15.0 Å². The molecule has 122 valence electrons. The molecule has 1 saturated heterocycles. The quantitative estimate of drug-likeness (QED) is 0.798. The molecule has 1 heterocycles. The summed E-state index contributed by atoms with van der Waals surface area (Å²) in [5.41, 5.74) is -0.274. The van der Waals surface area contributed by atoms with E-state index in [1.165, 1.54) is 0 Å². The monoisotopic (exact) mass is 314 g/mol. The van der Waals surface area contributed by atoms with Gasteiger partial charge in [0, 0.05) is 18.5 Å². The Labute approximate surface area is 135 Å². The number of carbonyl (C=O) groups excluding carboxylic acids is 1. The second-order valence-corrected chi connectivity index (χ2v) is 6.18. The Balaban J connectivity index is 1.74. The van der Waals surface area contributed by atoms with Crippen LogP contribution in [0.25, 0.3) is 10.8 Å². The molecule has 0 saturated carbocycles. The Morgan fingerprint density at radius 3 is 2.74 bits per heavy atom. The van der Waals surface area contributed by atoms with Gasteiger partial charge in [0.2, 0.25) is 0 Å². The van der Waals surface area contributed by atoms with Gasteiger partial charge in [0.15, 0.2) is 0 Å². The van der Waals surface area contributed by atoms with E-state index in [4.69, 9.17) is 0 Å². The lowest BCUT2D eigenvalue weighted by Crippen LogP contribution is -2.38. The molecule has 23 heavy (non-hydrogen) atoms. The zero-order chi connectivity index (χ0) is 16.3. The van der Waals surface area contributed by atoms with E-state index in [1.54, 1.807) is 4.90 Å². The molecule has 0 aliphatic carbocycles. The van der Waals surface area contributed by atoms with Crippen LogP contribution in [0, 0.1) is 0 Å². The van der Waals surface area contributed by atoms with E-state index >= 15 is 0 Å². The number of fused-ring (bicyclic) bond motifs is 1. The molecule has 3 rings (SSSR count). The number of amides is 2. The summed E-state index contributed by atoms with van der Waals surface area (Å²) >= 11 is 0. The number of urea groups is 1. The predicted molar refractivity (Wildman–Crippen MR) is 90.4 cm³/mol. The smallest absolute Gasteiger partial charge is 0.321 e. The lowest BCUT2D eigenvalue weighted by molar-refractivity contribution is -0.0247. The van der Waals surface area contributed by atoms with E-state index < -0.39 is 5.60 Å². The van der Waals surface area contributed by atoms with Crippen molar-refractivity contribution >= 4 is 22.5 Å². The van der Waals surface area contributed by atoms with Crippen molar-refractivity contribution in [3.05, 3.63) is 42.5 Å². The fraction of sp³-hybridized carbons (Fsp3) is 0.389. The summed E-state index contributed by atoms with van der Waals surface area (Å²) in [6, 6.07) is 13.6. The van der Waals surface area contributed by atoms with Crippen molar-refractivity contribution in [3.8, 4) is 0 Å². The number of anilines is 1. The maximum atomic E-state index is 12.5. The number of aliphatic hydroxyl groups is 2. The minimum absolute atomic E-state index is 0.163. The molecule has 1 fully saturated rings. The minimum Gasteiger partial charge on any atom is -0.393 e. The highest BCUT2D eigenvalue weighted by atomic mass is 16.3. The molecule has 0 spiro atoms. The van der Waals surface area contributed by atoms with Gasteiger partial charge in [-0.1, -0.05) is 36.4 Å². The molecule has 2 aromatic rings. The topological polar surface area (TPSA) is 72.8 Å². The maximum absolute atomic E-state index is 12.5. The van der Waals surface area contributed by atoms with Crippen LogP contribution in [0.15, 0.2) is 42.5 Å². The first-order chi connectivity index (χ1) is 11.1. The molecule has 2 amide bonds. The third-order valence-corrected chi connectivity index (χ3v) is 4.53. The number of benzene rings is 2. The van der Waals surface area contributed by atoms with Gasteiger partial charge in [-0.15, -0.1) is 0 Å². The number of likely N-dealkylation sites (tertiary alicyclic amines) is 1. The van der Waals surface area contributed by atoms with Crippen molar-refractivity contribution in [1.82, 2.24) is 4.90 Å². The second kappa shape index (κ2) is 6.56. The van der Waals surface area contributed by atoms with Crippen molar-refractivity contribution in [1.29, 1.82) is 0 Å². The van der Waals surface area contributed by atoms with Crippen molar-refractivity contribution in [3.63, 3.8) is 0 Å². The van der Waals surface area contributed by atoms with Crippen molar-refractivity contribution in [2.75, 3.05) is 25.0 Å². The van der Waals surface area contributed by atoms with Gasteiger partial charge in [0.05, 0.1) is 17.9 Å². The summed E-state index contributed by atoms with van der Waals surface area (Å²) in [6.07, 6.45) is 1.59. The molecule has 0 aromatic heterocycles. The minimum atomic E-state index is -1.06. The molecule has 1 aliphatic rings. The summed E-state index contributed by atoms with van der Waals surface area (Å²) < 4.78 is 0. The molecule has 1 aliphatic heterocycles. The van der Waals surface area contributed by atoms with Crippen LogP contribution < -0.4 is 5.32 Å². The Morgan fingerprint density at radius 2 is 1.91 bits per heavy atom. The van der Waals surface area contributed by atoms with Gasteiger partial charge >= 0.3 is 6.03 Å². The Morgan fingerprint density at radius 1 is 1.13 bits per heavy atom. The number of nitrogens with zero attached hydrogens (tertiary/aromatic N) is 1. The van der Waals surface area contributed by atoms with E-state index in [1.807, 2.05) is 42.5 Å². The van der Waals surface area contributed by atoms with Crippen LogP contribution in [-0.4, -0.2) is 46.4 Å². The van der Waals surface area contributed by atoms with Gasteiger partial charge in [-0.2, -0.15) is 0 Å². The van der Waals surface area contributed by atoms with Gasteiger partial charge in [0.1, 0.15) is 0 Å². The van der Waals surface area contributed by atoms with Crippen LogP contribution in [0.1, 0.15) is 19.3 Å². The Kier molecular flexibility index (Phi) is 4.50. The van der Waals surface area contributed by atoms with Crippen LogP contribution in [0.5, 0.6) is 0 Å². The van der Waals surface area contributed by atoms with E-state index in [0.29, 0.717) is 32.4 Å². The number of hydrogen-bond donors (Lipinski definition) is 3. The Bertz CT molecular complexity index is 698. The summed E-state index contributed by atoms with van der Waals surface area (Å²) in [6.45, 7) is 0.762. The highest BCUT2D eigenvalue weighted by Crippen LogP contribution is 2.25. The summed E-state index contributed by atoms with van der Waals surface area (Å²) in [5.74, 6) is 0. The molecule has 1 atom stereocenters. The van der Waals surface area contributed by atoms with Crippen LogP contribution in [0.4, 0.5) is 10.5 Å². The summed E-state index contributed by atoms with van der Waals surface area (Å²) in [4.78, 5) is 14.2. The van der Waals surface area contributed by atoms with Crippen LogP contribution in [-0.2, 0) is 0 Å². The second-order valence-electron chi connectivity index (χ2n) is 6.18. The van der Waals surface area contributed by atoms with Gasteiger partial charge in [-0.05, 0) is 30.7 Å². The van der Waals surface area contributed by atoms with E-state index in [2.05, 4.69) is 5.32 Å². The fourth-order valence-corrected chi connectivity index (χ4v) is 3.07. The lowest BCUT2D eigenvalue weighted by Gasteiger charge is -2.24. The van der Waals surface area contributed by atoms with E-state index in [0.717, 1.165) is 16.5 Å². The van der Waals surface area contributed by atoms with Crippen molar-refractivity contribution in [2.45, 2.75) is 24.9 Å². The number of aliphatic hydroxyl groups excluding tert-OH is 1. The predicted octanol–water partition coefficient (Wildman–Crippen LogP) is 2.58. The number of nitrogens with one attached hydrogen (secondary N) is 1. The van der Waals surface area contributed by atoms with Crippen LogP contribution >= 0.6 is 0 Å². The SMILES string of the molecule is O=C(Nc1cccc2ccccc12)N1CCC[C@@](O)(CO)CC1. The average Bonchev–Trinajstić information content (AvgIpc) is 2.78. The summed E-state index contributed by atoms with van der Waals surface area (Å²) in [7, 11) is 0. The zero-order valence-corrected chi connectivity index (χ0v) is 13.0. The van der Waals surface area contributed by atoms with Gasteiger partial charge in [-0.3, -0.25) is 0 Å². The zero-order valence-electron chi connectivity index (χ0n) is 13.0. The normalized spacial score (nSPS) is 21.9. The molecular weight excluding hydrogens is 292 g/mol. The number of hydrogen-bond acceptors (Lipinski definition) is 3. The lowest BCUT2D eigenvalue weighted by atomic mass is 9.96. The van der Waals surface area contributed by atoms with E-state index in [-0.39, 0.29) is 12.6 Å². The molecule has 0 bridgehead atoms. The van der Waals surface area contributed by atoms with Gasteiger partial charge < -0.3 is 20.4 Å². The molecule has 0 radical (unpaired) electrons. The van der Waals surface area contributed by atoms with Crippen LogP contribution in [0.2, 0.25) is 0 Å². The summed E-state index contributed by atoms with van der Waals surface area (Å²) in [5, 5.41) is 24.5. The molecule has 2 aromatic carbocycles. The fourth-order valence-electron chi connectivity index (χ4n) is 3.07. The van der Waals surface area contributed by atoms with Crippen molar-refractivity contribution in [2.24, 2.45) is 0 Å². The molecule has 5 nitrogen and oxygen atoms in total. The first-order valence-corrected chi connectivity index (χ1v) is 7.98. The number of carbonyl (C=O) groups is 1. The highest BCUT2D eigenvalue weighted by molar-refractivity contribution is 6.01. The van der Waals surface area contributed by atoms with Gasteiger partial charge in [0.25, 0.3) is 0 Å². The standard InChI is InChI=1S/C18H22N2O3/c21-13-18(23)9-4-11-20(12-10-18)17(22)19-16-8-3-6-14-5-1-2-7-15(14)16/h1-3,5-8,21,23H,4,9-13H2,(H,19,22)/t18-/m0/s1. The number of rotatable bonds is 2. The molecule has 0 unspecified atom stereocenters.